The van der Waals surface area contributed by atoms with E-state index in [1.165, 1.54) is 12.1 Å². The van der Waals surface area contributed by atoms with Crippen LogP contribution >= 0.6 is 11.3 Å². The third-order valence-electron chi connectivity index (χ3n) is 2.11. The maximum absolute atomic E-state index is 12.7. The first-order valence-electron chi connectivity index (χ1n) is 5.69. The topological polar surface area (TPSA) is 79.8 Å². The molecule has 0 unspecified atom stereocenters. The average molecular weight is 281 g/mol. The Labute approximate surface area is 113 Å². The number of anilines is 2. The van der Waals surface area contributed by atoms with Crippen molar-refractivity contribution in [2.75, 3.05) is 17.2 Å². The number of carbonyl (C=O) groups excluding carboxylic acids is 1. The number of rotatable bonds is 5. The summed E-state index contributed by atoms with van der Waals surface area (Å²) >= 11 is 1.16. The molecule has 0 aliphatic carbocycles. The molecule has 0 aromatic carbocycles. The van der Waals surface area contributed by atoms with Gasteiger partial charge in [-0.05, 0) is 18.6 Å². The van der Waals surface area contributed by atoms with Crippen molar-refractivity contribution in [1.82, 2.24) is 15.2 Å². The molecule has 0 saturated carbocycles. The van der Waals surface area contributed by atoms with Crippen molar-refractivity contribution in [3.8, 4) is 0 Å². The summed E-state index contributed by atoms with van der Waals surface area (Å²) in [4.78, 5) is 15.6. The SMILES string of the molecule is CCCNc1nnc(C(=O)Nc2ccc(F)cn2)s1. The van der Waals surface area contributed by atoms with E-state index in [-0.39, 0.29) is 10.8 Å². The summed E-state index contributed by atoms with van der Waals surface area (Å²) in [7, 11) is 0. The highest BCUT2D eigenvalue weighted by Gasteiger charge is 2.13. The quantitative estimate of drug-likeness (QED) is 0.877. The van der Waals surface area contributed by atoms with E-state index in [0.29, 0.717) is 5.13 Å². The van der Waals surface area contributed by atoms with Gasteiger partial charge in [-0.1, -0.05) is 18.3 Å². The number of halogens is 1. The van der Waals surface area contributed by atoms with Gasteiger partial charge in [0, 0.05) is 6.54 Å². The highest BCUT2D eigenvalue weighted by atomic mass is 32.1. The normalized spacial score (nSPS) is 10.2. The van der Waals surface area contributed by atoms with E-state index in [4.69, 9.17) is 0 Å². The number of hydrogen-bond donors (Lipinski definition) is 2. The van der Waals surface area contributed by atoms with Crippen molar-refractivity contribution < 1.29 is 9.18 Å². The summed E-state index contributed by atoms with van der Waals surface area (Å²) in [6.45, 7) is 2.80. The van der Waals surface area contributed by atoms with Gasteiger partial charge < -0.3 is 10.6 Å². The molecule has 0 spiro atoms. The second-order valence-electron chi connectivity index (χ2n) is 3.65. The molecule has 0 atom stereocenters. The van der Waals surface area contributed by atoms with Crippen LogP contribution in [0.15, 0.2) is 18.3 Å². The fourth-order valence-electron chi connectivity index (χ4n) is 1.24. The van der Waals surface area contributed by atoms with Gasteiger partial charge in [-0.15, -0.1) is 10.2 Å². The van der Waals surface area contributed by atoms with Gasteiger partial charge in [-0.25, -0.2) is 9.37 Å². The Kier molecular flexibility index (Phi) is 4.35. The number of amides is 1. The molecule has 0 bridgehead atoms. The van der Waals surface area contributed by atoms with Crippen LogP contribution in [0.4, 0.5) is 15.3 Å². The summed E-state index contributed by atoms with van der Waals surface area (Å²) in [5.74, 6) is -0.606. The zero-order valence-electron chi connectivity index (χ0n) is 10.2. The van der Waals surface area contributed by atoms with E-state index in [0.717, 1.165) is 30.5 Å². The molecule has 1 amide bonds. The van der Waals surface area contributed by atoms with Gasteiger partial charge in [0.25, 0.3) is 5.91 Å². The summed E-state index contributed by atoms with van der Waals surface area (Å²) < 4.78 is 12.7. The number of carbonyl (C=O) groups is 1. The standard InChI is InChI=1S/C11H12FN5OS/c1-2-5-13-11-17-16-10(19-11)9(18)15-8-4-3-7(12)6-14-8/h3-4,6H,2,5H2,1H3,(H,13,17)(H,14,15,18). The third-order valence-corrected chi connectivity index (χ3v) is 2.99. The van der Waals surface area contributed by atoms with Gasteiger partial charge in [0.1, 0.15) is 11.6 Å². The smallest absolute Gasteiger partial charge is 0.287 e. The summed E-state index contributed by atoms with van der Waals surface area (Å²) in [5, 5.41) is 14.0. The zero-order valence-corrected chi connectivity index (χ0v) is 11.0. The largest absolute Gasteiger partial charge is 0.360 e. The van der Waals surface area contributed by atoms with Crippen LogP contribution in [0.1, 0.15) is 23.1 Å². The van der Waals surface area contributed by atoms with Crippen LogP contribution < -0.4 is 10.6 Å². The molecule has 2 N–H and O–H groups in total. The highest BCUT2D eigenvalue weighted by Crippen LogP contribution is 2.16. The Morgan fingerprint density at radius 3 is 2.95 bits per heavy atom. The molecule has 8 heteroatoms. The predicted octanol–water partition coefficient (Wildman–Crippen LogP) is 2.15. The Morgan fingerprint density at radius 1 is 1.42 bits per heavy atom. The zero-order chi connectivity index (χ0) is 13.7. The molecular weight excluding hydrogens is 269 g/mol. The Morgan fingerprint density at radius 2 is 2.26 bits per heavy atom. The lowest BCUT2D eigenvalue weighted by atomic mass is 10.4. The molecule has 2 heterocycles. The second-order valence-corrected chi connectivity index (χ2v) is 4.63. The molecule has 0 aliphatic heterocycles. The lowest BCUT2D eigenvalue weighted by Gasteiger charge is -2.00. The van der Waals surface area contributed by atoms with Crippen molar-refractivity contribution in [2.45, 2.75) is 13.3 Å². The molecule has 2 rings (SSSR count). The van der Waals surface area contributed by atoms with Crippen molar-refractivity contribution in [1.29, 1.82) is 0 Å². The van der Waals surface area contributed by atoms with Crippen LogP contribution in [0.3, 0.4) is 0 Å². The van der Waals surface area contributed by atoms with E-state index in [2.05, 4.69) is 25.8 Å². The van der Waals surface area contributed by atoms with Crippen LogP contribution in [-0.4, -0.2) is 27.6 Å². The fraction of sp³-hybridized carbons (Fsp3) is 0.273. The number of aromatic nitrogens is 3. The number of nitrogens with zero attached hydrogens (tertiary/aromatic N) is 3. The Hall–Kier alpha value is -2.09. The van der Waals surface area contributed by atoms with Crippen molar-refractivity contribution in [3.05, 3.63) is 29.2 Å². The number of pyridine rings is 1. The second kappa shape index (κ2) is 6.19. The van der Waals surface area contributed by atoms with E-state index in [9.17, 15) is 9.18 Å². The van der Waals surface area contributed by atoms with Crippen LogP contribution in [0.2, 0.25) is 0 Å². The van der Waals surface area contributed by atoms with Crippen LogP contribution in [0.25, 0.3) is 0 Å². The van der Waals surface area contributed by atoms with Gasteiger partial charge >= 0.3 is 0 Å². The minimum Gasteiger partial charge on any atom is -0.360 e. The minimum atomic E-state index is -0.458. The van der Waals surface area contributed by atoms with Gasteiger partial charge in [-0.3, -0.25) is 4.79 Å². The van der Waals surface area contributed by atoms with Crippen molar-refractivity contribution in [2.24, 2.45) is 0 Å². The summed E-state index contributed by atoms with van der Waals surface area (Å²) in [6, 6.07) is 2.60. The monoisotopic (exact) mass is 281 g/mol. The lowest BCUT2D eigenvalue weighted by Crippen LogP contribution is -2.12. The highest BCUT2D eigenvalue weighted by molar-refractivity contribution is 7.17. The van der Waals surface area contributed by atoms with Crippen molar-refractivity contribution in [3.63, 3.8) is 0 Å². The molecule has 19 heavy (non-hydrogen) atoms. The first kappa shape index (κ1) is 13.3. The molecule has 0 fully saturated rings. The minimum absolute atomic E-state index is 0.227. The molecule has 6 nitrogen and oxygen atoms in total. The molecule has 2 aromatic rings. The number of hydrogen-bond acceptors (Lipinski definition) is 6. The Bertz CT molecular complexity index is 556. The van der Waals surface area contributed by atoms with Gasteiger partial charge in [0.2, 0.25) is 10.1 Å². The van der Waals surface area contributed by atoms with Crippen LogP contribution in [0.5, 0.6) is 0 Å². The lowest BCUT2D eigenvalue weighted by molar-refractivity contribution is 0.102. The average Bonchev–Trinajstić information content (AvgIpc) is 2.88. The van der Waals surface area contributed by atoms with Gasteiger partial charge in [-0.2, -0.15) is 0 Å². The first-order chi connectivity index (χ1) is 9.19. The molecule has 2 aromatic heterocycles. The number of nitrogens with one attached hydrogen (secondary N) is 2. The Balaban J connectivity index is 1.99. The summed E-state index contributed by atoms with van der Waals surface area (Å²) in [5.41, 5.74) is 0. The van der Waals surface area contributed by atoms with Gasteiger partial charge in [0.05, 0.1) is 6.20 Å². The molecule has 100 valence electrons. The predicted molar refractivity (Wildman–Crippen MR) is 70.8 cm³/mol. The summed E-state index contributed by atoms with van der Waals surface area (Å²) in [6.07, 6.45) is 1.99. The molecule has 0 saturated heterocycles. The maximum Gasteiger partial charge on any atom is 0.287 e. The molecule has 0 radical (unpaired) electrons. The maximum atomic E-state index is 12.7. The van der Waals surface area contributed by atoms with Crippen molar-refractivity contribution >= 4 is 28.2 Å². The van der Waals surface area contributed by atoms with Gasteiger partial charge in [0.15, 0.2) is 0 Å². The first-order valence-corrected chi connectivity index (χ1v) is 6.51. The third kappa shape index (κ3) is 3.68. The fourth-order valence-corrected chi connectivity index (χ4v) is 1.90. The van der Waals surface area contributed by atoms with E-state index >= 15 is 0 Å². The molecule has 0 aliphatic rings. The molecular formula is C11H12FN5OS. The van der Waals surface area contributed by atoms with Crippen LogP contribution in [-0.2, 0) is 0 Å². The van der Waals surface area contributed by atoms with E-state index < -0.39 is 11.7 Å². The van der Waals surface area contributed by atoms with E-state index in [1.54, 1.807) is 0 Å². The van der Waals surface area contributed by atoms with Crippen LogP contribution in [0, 0.1) is 5.82 Å². The van der Waals surface area contributed by atoms with E-state index in [1.807, 2.05) is 6.92 Å².